The van der Waals surface area contributed by atoms with Gasteiger partial charge in [0.1, 0.15) is 6.04 Å². The summed E-state index contributed by atoms with van der Waals surface area (Å²) in [5.74, 6) is 0.0872. The van der Waals surface area contributed by atoms with Gasteiger partial charge in [-0.05, 0) is 97.7 Å². The summed E-state index contributed by atoms with van der Waals surface area (Å²) in [7, 11) is 0. The number of carboxylic acids is 1. The lowest BCUT2D eigenvalue weighted by Crippen LogP contribution is -2.64. The smallest absolute Gasteiger partial charge is 0.326 e. The molecule has 0 radical (unpaired) electrons. The number of imidazole rings is 1. The minimum absolute atomic E-state index is 0.0410. The minimum Gasteiger partial charge on any atom is -0.480 e. The van der Waals surface area contributed by atoms with Gasteiger partial charge in [0.25, 0.3) is 0 Å². The molecule has 4 aliphatic rings. The number of carbonyl (C=O) groups is 2. The maximum absolute atomic E-state index is 12.7. The third kappa shape index (κ3) is 5.04. The number of aromatic nitrogens is 2. The van der Waals surface area contributed by atoms with Gasteiger partial charge in [-0.1, -0.05) is 20.8 Å². The van der Waals surface area contributed by atoms with Crippen LogP contribution in [0, 0.1) is 46.3 Å². The highest BCUT2D eigenvalue weighted by atomic mass is 16.4. The van der Waals surface area contributed by atoms with Crippen LogP contribution in [0.15, 0.2) is 12.5 Å². The largest absolute Gasteiger partial charge is 0.480 e. The van der Waals surface area contributed by atoms with E-state index in [0.29, 0.717) is 36.3 Å². The third-order valence-corrected chi connectivity index (χ3v) is 11.9. The molecule has 0 bridgehead atoms. The van der Waals surface area contributed by atoms with Crippen molar-refractivity contribution in [1.29, 1.82) is 0 Å². The van der Waals surface area contributed by atoms with Crippen LogP contribution in [-0.4, -0.2) is 66.6 Å². The number of H-pyrrole nitrogens is 1. The van der Waals surface area contributed by atoms with E-state index < -0.39 is 24.2 Å². The second-order valence-electron chi connectivity index (χ2n) is 13.8. The van der Waals surface area contributed by atoms with Gasteiger partial charge >= 0.3 is 5.97 Å². The second-order valence-corrected chi connectivity index (χ2v) is 13.8. The van der Waals surface area contributed by atoms with Crippen molar-refractivity contribution in [3.8, 4) is 0 Å². The van der Waals surface area contributed by atoms with E-state index in [2.05, 4.69) is 36.1 Å². The number of rotatable bonds is 8. The number of fused-ring (bicyclic) bond motifs is 5. The van der Waals surface area contributed by atoms with Crippen molar-refractivity contribution in [2.75, 3.05) is 0 Å². The van der Waals surface area contributed by atoms with Crippen molar-refractivity contribution in [2.45, 2.75) is 109 Å². The number of aliphatic carboxylic acids is 1. The van der Waals surface area contributed by atoms with Gasteiger partial charge < -0.3 is 30.7 Å². The first-order chi connectivity index (χ1) is 18.5. The fourth-order valence-electron chi connectivity index (χ4n) is 9.86. The summed E-state index contributed by atoms with van der Waals surface area (Å²) in [5, 5.41) is 45.3. The fourth-order valence-corrected chi connectivity index (χ4v) is 9.86. The average Bonchev–Trinajstić information content (AvgIpc) is 3.53. The van der Waals surface area contributed by atoms with Gasteiger partial charge in [0.05, 0.1) is 24.6 Å². The first-order valence-electron chi connectivity index (χ1n) is 15.0. The Labute approximate surface area is 231 Å². The Kier molecular flexibility index (Phi) is 7.90. The molecule has 0 unspecified atom stereocenters. The van der Waals surface area contributed by atoms with Crippen molar-refractivity contribution >= 4 is 11.9 Å². The maximum Gasteiger partial charge on any atom is 0.326 e. The first kappa shape index (κ1) is 28.6. The summed E-state index contributed by atoms with van der Waals surface area (Å²) < 4.78 is 0. The predicted molar refractivity (Wildman–Crippen MR) is 144 cm³/mol. The molecule has 4 fully saturated rings. The van der Waals surface area contributed by atoms with Gasteiger partial charge in [-0.25, -0.2) is 9.78 Å². The highest BCUT2D eigenvalue weighted by Crippen LogP contribution is 2.68. The van der Waals surface area contributed by atoms with Crippen molar-refractivity contribution in [3.63, 3.8) is 0 Å². The van der Waals surface area contributed by atoms with E-state index in [0.717, 1.165) is 38.5 Å². The minimum atomic E-state index is -1.06. The van der Waals surface area contributed by atoms with E-state index >= 15 is 0 Å². The number of nitrogens with zero attached hydrogens (tertiary/aromatic N) is 1. The zero-order chi connectivity index (χ0) is 28.1. The number of hydrogen-bond acceptors (Lipinski definition) is 6. The van der Waals surface area contributed by atoms with E-state index in [1.54, 1.807) is 6.20 Å². The van der Waals surface area contributed by atoms with Crippen LogP contribution in [0.2, 0.25) is 0 Å². The molecular formula is C30H47N3O6. The van der Waals surface area contributed by atoms with Gasteiger partial charge in [0.2, 0.25) is 5.91 Å². The third-order valence-electron chi connectivity index (χ3n) is 11.9. The van der Waals surface area contributed by atoms with Crippen molar-refractivity contribution in [3.05, 3.63) is 18.2 Å². The quantitative estimate of drug-likeness (QED) is 0.293. The molecule has 1 aromatic heterocycles. The Morgan fingerprint density at radius 2 is 1.77 bits per heavy atom. The number of aliphatic hydroxyl groups excluding tert-OH is 3. The predicted octanol–water partition coefficient (Wildman–Crippen LogP) is 2.90. The lowest BCUT2D eigenvalue weighted by atomic mass is 9.43. The molecule has 1 heterocycles. The molecule has 4 saturated carbocycles. The summed E-state index contributed by atoms with van der Waals surface area (Å²) in [6.07, 6.45) is 8.68. The summed E-state index contributed by atoms with van der Waals surface area (Å²) in [6.45, 7) is 6.87. The number of amides is 1. The molecule has 218 valence electrons. The Bertz CT molecular complexity index is 1030. The number of nitrogens with one attached hydrogen (secondary N) is 2. The highest BCUT2D eigenvalue weighted by Gasteiger charge is 2.65. The number of aliphatic hydroxyl groups is 3. The average molecular weight is 546 g/mol. The summed E-state index contributed by atoms with van der Waals surface area (Å²) in [5.41, 5.74) is 0.651. The number of hydrogen-bond donors (Lipinski definition) is 6. The summed E-state index contributed by atoms with van der Waals surface area (Å²) >= 11 is 0. The highest BCUT2D eigenvalue weighted by molar-refractivity contribution is 5.83. The van der Waals surface area contributed by atoms with Crippen LogP contribution in [-0.2, 0) is 16.0 Å². The van der Waals surface area contributed by atoms with E-state index in [1.807, 2.05) is 0 Å². The van der Waals surface area contributed by atoms with Gasteiger partial charge in [0.15, 0.2) is 0 Å². The Morgan fingerprint density at radius 3 is 2.46 bits per heavy atom. The molecule has 0 saturated heterocycles. The molecule has 4 aliphatic carbocycles. The van der Waals surface area contributed by atoms with E-state index in [9.17, 15) is 30.0 Å². The van der Waals surface area contributed by atoms with Gasteiger partial charge in [-0.2, -0.15) is 0 Å². The molecule has 9 heteroatoms. The van der Waals surface area contributed by atoms with E-state index in [1.165, 1.54) is 6.33 Å². The van der Waals surface area contributed by atoms with Gasteiger partial charge in [-0.15, -0.1) is 0 Å². The van der Waals surface area contributed by atoms with Crippen molar-refractivity contribution in [1.82, 2.24) is 15.3 Å². The van der Waals surface area contributed by atoms with Gasteiger partial charge in [-0.3, -0.25) is 4.79 Å². The monoisotopic (exact) mass is 545 g/mol. The van der Waals surface area contributed by atoms with Crippen LogP contribution in [0.3, 0.4) is 0 Å². The van der Waals surface area contributed by atoms with Crippen LogP contribution in [0.4, 0.5) is 0 Å². The topological polar surface area (TPSA) is 156 Å². The van der Waals surface area contributed by atoms with Crippen LogP contribution in [0.25, 0.3) is 0 Å². The number of carboxylic acid groups (broad SMARTS) is 1. The molecule has 0 aliphatic heterocycles. The molecule has 39 heavy (non-hydrogen) atoms. The fraction of sp³-hybridized carbons (Fsp3) is 0.833. The maximum atomic E-state index is 12.7. The van der Waals surface area contributed by atoms with E-state index in [-0.39, 0.29) is 53.4 Å². The zero-order valence-corrected chi connectivity index (χ0v) is 23.6. The van der Waals surface area contributed by atoms with Crippen LogP contribution < -0.4 is 5.32 Å². The molecule has 1 amide bonds. The Balaban J connectivity index is 1.23. The Morgan fingerprint density at radius 1 is 1.05 bits per heavy atom. The first-order valence-corrected chi connectivity index (χ1v) is 15.0. The standard InChI is InChI=1S/C30H47N3O6/c1-16(4-7-24(35)33-23(28(38)39)12-17-14-31-15-32-17)19-5-6-20-25-21(9-11-29(19,20)2)30(3)10-8-18(34)13-22(30)26(36)27(25)37/h14-16,18-23,25-27,34,36-37H,4-13H2,1-3H3,(H,31,32)(H,33,35)(H,38,39)/t16-,18-,19-,20+,21+,22+,23+,25+,26+,27+,29-,30-/m1/s1. The van der Waals surface area contributed by atoms with Crippen LogP contribution >= 0.6 is 0 Å². The lowest BCUT2D eigenvalue weighted by molar-refractivity contribution is -0.223. The molecule has 12 atom stereocenters. The molecule has 6 N–H and O–H groups in total. The molecule has 9 nitrogen and oxygen atoms in total. The zero-order valence-electron chi connectivity index (χ0n) is 23.6. The van der Waals surface area contributed by atoms with Crippen molar-refractivity contribution in [2.24, 2.45) is 46.3 Å². The molecule has 0 aromatic carbocycles. The molecule has 1 aromatic rings. The Hall–Kier alpha value is -1.97. The van der Waals surface area contributed by atoms with Crippen LogP contribution in [0.5, 0.6) is 0 Å². The lowest BCUT2D eigenvalue weighted by Gasteiger charge is -2.63. The summed E-state index contributed by atoms with van der Waals surface area (Å²) in [6, 6.07) is -0.998. The number of aromatic amines is 1. The molecule has 0 spiro atoms. The van der Waals surface area contributed by atoms with E-state index in [4.69, 9.17) is 0 Å². The molecule has 5 rings (SSSR count). The number of carbonyl (C=O) groups excluding carboxylic acids is 1. The summed E-state index contributed by atoms with van der Waals surface area (Å²) in [4.78, 5) is 31.3. The molecular weight excluding hydrogens is 498 g/mol. The normalized spacial score (nSPS) is 43.0. The van der Waals surface area contributed by atoms with Gasteiger partial charge in [0, 0.05) is 24.7 Å². The van der Waals surface area contributed by atoms with Crippen LogP contribution in [0.1, 0.15) is 84.3 Å². The van der Waals surface area contributed by atoms with Crippen molar-refractivity contribution < 1.29 is 30.0 Å². The second kappa shape index (κ2) is 10.8. The SMILES string of the molecule is C[C@H](CCC(=O)N[C@@H](Cc1cnc[nH]1)C(=O)O)[C@H]1CC[C@H]2[C@@H]3[C@H](O)[C@@H](O)[C@@H]4C[C@H](O)CC[C@]4(C)[C@H]3CC[C@]12C.